The number of fused-ring (bicyclic) bond motifs is 12. The first kappa shape index (κ1) is 47.3. The number of halogens is 1. The summed E-state index contributed by atoms with van der Waals surface area (Å²) in [4.78, 5) is 27.3. The highest BCUT2D eigenvalue weighted by molar-refractivity contribution is 9.10. The fraction of sp³-hybridized carbons (Fsp3) is 0.0333. The standard InChI is InChI=1S/C30H20N3O3P.C18H13NO3P.C12H7BrN2/c1-35-22-14-15-24(30-26(22)29-23(36-30)10-6-18-32-29)37(34,21-8-3-2-4-9-21)25-16-13-20-12-11-19-7-5-17-31-27(19)28(20)33-25;1-21-13-9-10-15(23(20)12-6-3-2-4-7-12)18-16(13)17-14(22-18)8-5-11-19-17;13-10-6-5-9-4-3-8-2-1-7-14-11(8)12(9)15-10/h2-18H,1H3;2-11H,1H3;1-7H/q;+1;. The predicted octanol–water partition coefficient (Wildman–Crippen LogP) is 13.0. The number of aromatic nitrogens is 6. The molecule has 362 valence electrons. The molecule has 0 bridgehead atoms. The Bertz CT molecular complexity index is 4560. The maximum atomic E-state index is 15.5. The molecule has 12 nitrogen and oxygen atoms in total. The second kappa shape index (κ2) is 19.9. The van der Waals surface area contributed by atoms with Gasteiger partial charge >= 0.3 is 7.80 Å². The lowest BCUT2D eigenvalue weighted by Gasteiger charge is -2.20. The molecule has 8 heterocycles. The van der Waals surface area contributed by atoms with Crippen LogP contribution < -0.4 is 36.1 Å². The molecule has 0 aliphatic carbocycles. The fourth-order valence-corrected chi connectivity index (χ4v) is 13.6. The van der Waals surface area contributed by atoms with Crippen LogP contribution in [0.1, 0.15) is 0 Å². The molecule has 0 fully saturated rings. The lowest BCUT2D eigenvalue weighted by Crippen LogP contribution is -2.27. The van der Waals surface area contributed by atoms with E-state index >= 15 is 4.57 Å². The molecule has 15 heteroatoms. The minimum Gasteiger partial charge on any atom is -0.496 e. The molecule has 0 spiro atoms. The van der Waals surface area contributed by atoms with Gasteiger partial charge in [0.2, 0.25) is 5.30 Å². The van der Waals surface area contributed by atoms with Gasteiger partial charge in [0.05, 0.1) is 52.4 Å². The van der Waals surface area contributed by atoms with E-state index in [0.717, 1.165) is 58.9 Å². The fourth-order valence-electron chi connectivity index (χ4n) is 9.38. The zero-order valence-electron chi connectivity index (χ0n) is 40.0. The maximum Gasteiger partial charge on any atom is 0.419 e. The first-order valence-corrected chi connectivity index (χ1v) is 27.4. The highest BCUT2D eigenvalue weighted by Gasteiger charge is 2.36. The van der Waals surface area contributed by atoms with Crippen LogP contribution in [0.3, 0.4) is 0 Å². The highest BCUT2D eigenvalue weighted by Crippen LogP contribution is 2.47. The third-order valence-electron chi connectivity index (χ3n) is 12.9. The SMILES string of the molecule is Brc1ccc2ccc3cccnc3c2n1.COc1ccc(P(=O)(c2ccccc2)c2ccc3ccc4cccnc4c3n2)c2oc3cccnc3c12.COc1ccc([P+](=O)c2ccccc2)c2oc3cccnc3c12. The predicted molar refractivity (Wildman–Crippen MR) is 304 cm³/mol. The van der Waals surface area contributed by atoms with E-state index in [1.54, 1.807) is 45.1 Å². The van der Waals surface area contributed by atoms with E-state index in [2.05, 4.69) is 53.0 Å². The monoisotopic (exact) mass is 1080 g/mol. The van der Waals surface area contributed by atoms with E-state index in [1.165, 1.54) is 0 Å². The van der Waals surface area contributed by atoms with Crippen LogP contribution in [0.4, 0.5) is 0 Å². The zero-order valence-corrected chi connectivity index (χ0v) is 43.4. The van der Waals surface area contributed by atoms with Crippen molar-refractivity contribution in [3.63, 3.8) is 0 Å². The van der Waals surface area contributed by atoms with Gasteiger partial charge in [-0.2, -0.15) is 0 Å². The van der Waals surface area contributed by atoms with Crippen LogP contribution in [0.5, 0.6) is 11.5 Å². The minimum absolute atomic E-state index is 0.462. The number of benzene rings is 6. The van der Waals surface area contributed by atoms with Crippen LogP contribution in [-0.4, -0.2) is 44.1 Å². The van der Waals surface area contributed by atoms with Gasteiger partial charge in [-0.15, -0.1) is 0 Å². The Morgan fingerprint density at radius 3 is 1.55 bits per heavy atom. The summed E-state index contributed by atoms with van der Waals surface area (Å²) in [5.74, 6) is 1.27. The second-order valence-corrected chi connectivity index (χ2v) is 22.3. The van der Waals surface area contributed by atoms with E-state index in [9.17, 15) is 4.57 Å². The van der Waals surface area contributed by atoms with Gasteiger partial charge < -0.3 is 22.9 Å². The summed E-state index contributed by atoms with van der Waals surface area (Å²) in [7, 11) is -2.05. The maximum absolute atomic E-state index is 15.5. The van der Waals surface area contributed by atoms with Crippen molar-refractivity contribution in [2.24, 2.45) is 0 Å². The van der Waals surface area contributed by atoms with E-state index in [4.69, 9.17) is 23.3 Å². The van der Waals surface area contributed by atoms with Crippen LogP contribution in [0.2, 0.25) is 0 Å². The summed E-state index contributed by atoms with van der Waals surface area (Å²) in [6.07, 6.45) is 6.97. The first-order valence-electron chi connectivity index (χ1n) is 23.6. The van der Waals surface area contributed by atoms with Gasteiger partial charge in [0, 0.05) is 51.6 Å². The molecule has 2 unspecified atom stereocenters. The molecule has 0 N–H and O–H groups in total. The van der Waals surface area contributed by atoms with Crippen LogP contribution in [0.25, 0.3) is 87.7 Å². The Balaban J connectivity index is 0.000000127. The third kappa shape index (κ3) is 8.51. The molecule has 2 atom stereocenters. The first-order chi connectivity index (χ1) is 36.8. The van der Waals surface area contributed by atoms with Crippen molar-refractivity contribution in [1.29, 1.82) is 0 Å². The number of nitrogens with zero attached hydrogens (tertiary/aromatic N) is 6. The number of hydrogen-bond acceptors (Lipinski definition) is 12. The summed E-state index contributed by atoms with van der Waals surface area (Å²) in [6.45, 7) is 0. The van der Waals surface area contributed by atoms with Gasteiger partial charge in [0.15, 0.2) is 34.8 Å². The van der Waals surface area contributed by atoms with Crippen molar-refractivity contribution in [2.45, 2.75) is 0 Å². The molecule has 0 saturated carbocycles. The van der Waals surface area contributed by atoms with Crippen molar-refractivity contribution in [2.75, 3.05) is 14.2 Å². The molecule has 14 rings (SSSR count). The Hall–Kier alpha value is -8.73. The van der Waals surface area contributed by atoms with Crippen molar-refractivity contribution in [1.82, 2.24) is 29.9 Å². The lowest BCUT2D eigenvalue weighted by atomic mass is 10.1. The molecule has 8 aromatic heterocycles. The molecule has 14 aromatic rings. The van der Waals surface area contributed by atoms with Crippen molar-refractivity contribution in [3.8, 4) is 11.5 Å². The van der Waals surface area contributed by atoms with Gasteiger partial charge in [-0.1, -0.05) is 102 Å². The Labute approximate surface area is 437 Å². The van der Waals surface area contributed by atoms with Crippen LogP contribution >= 0.6 is 30.9 Å². The third-order valence-corrected chi connectivity index (χ3v) is 17.8. The van der Waals surface area contributed by atoms with Gasteiger partial charge in [-0.3, -0.25) is 19.9 Å². The van der Waals surface area contributed by atoms with E-state index in [-0.39, 0.29) is 0 Å². The molecule has 6 aromatic carbocycles. The van der Waals surface area contributed by atoms with Crippen molar-refractivity contribution >= 4 is 145 Å². The number of furan rings is 2. The normalized spacial score (nSPS) is 12.4. The summed E-state index contributed by atoms with van der Waals surface area (Å²) >= 11 is 3.38. The smallest absolute Gasteiger partial charge is 0.419 e. The zero-order chi connectivity index (χ0) is 51.0. The van der Waals surface area contributed by atoms with Crippen LogP contribution in [0.15, 0.2) is 220 Å². The van der Waals surface area contributed by atoms with Gasteiger partial charge in [-0.25, -0.2) is 9.97 Å². The van der Waals surface area contributed by atoms with E-state index in [0.29, 0.717) is 71.6 Å². The van der Waals surface area contributed by atoms with E-state index in [1.807, 2.05) is 164 Å². The Morgan fingerprint density at radius 1 is 0.467 bits per heavy atom. The topological polar surface area (TPSA) is 156 Å². The molecular weight excluding hydrogens is 1040 g/mol. The van der Waals surface area contributed by atoms with Gasteiger partial charge in [-0.05, 0) is 101 Å². The molecule has 0 saturated heterocycles. The van der Waals surface area contributed by atoms with Crippen molar-refractivity contribution in [3.05, 3.63) is 211 Å². The quantitative estimate of drug-likeness (QED) is 0.0847. The number of hydrogen-bond donors (Lipinski definition) is 0. The molecular formula is C60H40BrN6O6P2+. The summed E-state index contributed by atoms with van der Waals surface area (Å²) in [5.41, 5.74) is 7.55. The highest BCUT2D eigenvalue weighted by atomic mass is 79.9. The number of pyridine rings is 6. The summed E-state index contributed by atoms with van der Waals surface area (Å²) < 4.78 is 52.7. The van der Waals surface area contributed by atoms with Crippen molar-refractivity contribution < 1.29 is 27.4 Å². The second-order valence-electron chi connectivity index (χ2n) is 17.2. The van der Waals surface area contributed by atoms with E-state index < -0.39 is 14.9 Å². The number of ether oxygens (including phenoxy) is 2. The summed E-state index contributed by atoms with van der Waals surface area (Å²) in [6, 6.07) is 57.3. The van der Waals surface area contributed by atoms with Crippen LogP contribution in [-0.2, 0) is 9.13 Å². The molecule has 0 aliphatic rings. The molecule has 0 aliphatic heterocycles. The summed E-state index contributed by atoms with van der Waals surface area (Å²) in [5, 5.41) is 8.23. The largest absolute Gasteiger partial charge is 0.496 e. The average molecular weight is 1080 g/mol. The average Bonchev–Trinajstić information content (AvgIpc) is 4.12. The molecule has 0 amide bonds. The Kier molecular flexibility index (Phi) is 12.6. The molecule has 75 heavy (non-hydrogen) atoms. The van der Waals surface area contributed by atoms with Gasteiger partial charge in [0.1, 0.15) is 32.6 Å². The lowest BCUT2D eigenvalue weighted by molar-refractivity contribution is 0.419. The number of methoxy groups -OCH3 is 2. The minimum atomic E-state index is -3.51. The van der Waals surface area contributed by atoms with Crippen LogP contribution in [0, 0.1) is 0 Å². The number of rotatable bonds is 7. The molecule has 0 radical (unpaired) electrons. The van der Waals surface area contributed by atoms with Gasteiger partial charge in [0.25, 0.3) is 0 Å². The Morgan fingerprint density at radius 2 is 0.947 bits per heavy atom.